The molecule has 3 rings (SSSR count). The third-order valence-corrected chi connectivity index (χ3v) is 5.25. The fourth-order valence-electron chi connectivity index (χ4n) is 3.71. The third kappa shape index (κ3) is 2.74. The van der Waals surface area contributed by atoms with Crippen LogP contribution >= 0.6 is 15.9 Å². The van der Waals surface area contributed by atoms with Crippen LogP contribution in [0.25, 0.3) is 0 Å². The number of hydrogen-bond acceptors (Lipinski definition) is 2. The first-order chi connectivity index (χ1) is 8.78. The molecule has 2 saturated carbocycles. The molecule has 0 spiro atoms. The second-order valence-electron chi connectivity index (χ2n) is 6.13. The van der Waals surface area contributed by atoms with Crippen molar-refractivity contribution in [1.82, 2.24) is 9.80 Å². The van der Waals surface area contributed by atoms with Crippen molar-refractivity contribution in [2.45, 2.75) is 25.7 Å². The van der Waals surface area contributed by atoms with Crippen molar-refractivity contribution in [3.63, 3.8) is 0 Å². The summed E-state index contributed by atoms with van der Waals surface area (Å²) in [6.07, 6.45) is 4.91. The van der Waals surface area contributed by atoms with Gasteiger partial charge in [0.05, 0.1) is 0 Å². The zero-order chi connectivity index (χ0) is 12.5. The Kier molecular flexibility index (Phi) is 3.94. The highest BCUT2D eigenvalue weighted by Gasteiger charge is 2.48. The highest BCUT2D eigenvalue weighted by Crippen LogP contribution is 2.54. The van der Waals surface area contributed by atoms with Gasteiger partial charge in [-0.25, -0.2) is 0 Å². The van der Waals surface area contributed by atoms with Gasteiger partial charge in [0.1, 0.15) is 0 Å². The molecule has 0 aromatic carbocycles. The van der Waals surface area contributed by atoms with E-state index in [-0.39, 0.29) is 0 Å². The van der Waals surface area contributed by atoms with E-state index in [1.807, 2.05) is 0 Å². The zero-order valence-corrected chi connectivity index (χ0v) is 12.6. The molecule has 0 N–H and O–H groups in total. The molecule has 0 radical (unpaired) electrons. The van der Waals surface area contributed by atoms with Gasteiger partial charge in [-0.3, -0.25) is 4.79 Å². The van der Waals surface area contributed by atoms with Crippen LogP contribution in [-0.4, -0.2) is 53.8 Å². The molecule has 18 heavy (non-hydrogen) atoms. The molecule has 3 aliphatic rings. The minimum absolute atomic E-state index is 0.372. The fraction of sp³-hybridized carbons (Fsp3) is 0.929. The van der Waals surface area contributed by atoms with E-state index >= 15 is 0 Å². The summed E-state index contributed by atoms with van der Waals surface area (Å²) >= 11 is 3.50. The molecule has 1 aliphatic heterocycles. The highest BCUT2D eigenvalue weighted by molar-refractivity contribution is 9.09. The summed E-state index contributed by atoms with van der Waals surface area (Å²) in [7, 11) is 0. The number of carbonyl (C=O) groups excluding carboxylic acids is 1. The van der Waals surface area contributed by atoms with E-state index in [1.165, 1.54) is 19.3 Å². The monoisotopic (exact) mass is 314 g/mol. The maximum absolute atomic E-state index is 12.5. The van der Waals surface area contributed by atoms with Crippen LogP contribution in [-0.2, 0) is 4.79 Å². The molecule has 3 nitrogen and oxygen atoms in total. The molecule has 2 unspecified atom stereocenters. The second kappa shape index (κ2) is 5.49. The van der Waals surface area contributed by atoms with E-state index in [0.717, 1.165) is 56.3 Å². The quantitative estimate of drug-likeness (QED) is 0.744. The van der Waals surface area contributed by atoms with Gasteiger partial charge in [0.2, 0.25) is 5.91 Å². The van der Waals surface area contributed by atoms with E-state index in [4.69, 9.17) is 0 Å². The lowest BCUT2D eigenvalue weighted by molar-refractivity contribution is -0.135. The van der Waals surface area contributed by atoms with Crippen molar-refractivity contribution in [2.75, 3.05) is 38.1 Å². The van der Waals surface area contributed by atoms with E-state index < -0.39 is 0 Å². The van der Waals surface area contributed by atoms with Crippen LogP contribution in [0.2, 0.25) is 0 Å². The maximum atomic E-state index is 12.5. The summed E-state index contributed by atoms with van der Waals surface area (Å²) < 4.78 is 0. The number of alkyl halides is 1. The molecule has 3 fully saturated rings. The molecule has 2 aliphatic carbocycles. The van der Waals surface area contributed by atoms with Crippen molar-refractivity contribution < 1.29 is 4.79 Å². The highest BCUT2D eigenvalue weighted by atomic mass is 79.9. The Bertz CT molecular complexity index is 313. The van der Waals surface area contributed by atoms with Crippen molar-refractivity contribution in [1.29, 1.82) is 0 Å². The topological polar surface area (TPSA) is 23.6 Å². The van der Waals surface area contributed by atoms with Crippen molar-refractivity contribution in [3.05, 3.63) is 0 Å². The molecule has 102 valence electrons. The Hall–Kier alpha value is -0.0900. The molecule has 0 aromatic heterocycles. The van der Waals surface area contributed by atoms with Crippen LogP contribution in [0.15, 0.2) is 0 Å². The Balaban J connectivity index is 1.51. The lowest BCUT2D eigenvalue weighted by Crippen LogP contribution is -2.38. The third-order valence-electron chi connectivity index (χ3n) is 4.89. The average molecular weight is 315 g/mol. The molecule has 2 atom stereocenters. The van der Waals surface area contributed by atoms with Crippen LogP contribution in [0.5, 0.6) is 0 Å². The summed E-state index contributed by atoms with van der Waals surface area (Å²) in [5, 5.41) is 1.03. The SMILES string of the molecule is O=C(C1CC2CC2C1)N1CCCN(CCBr)CC1. The maximum Gasteiger partial charge on any atom is 0.225 e. The summed E-state index contributed by atoms with van der Waals surface area (Å²) in [4.78, 5) is 17.1. The number of fused-ring (bicyclic) bond motifs is 1. The van der Waals surface area contributed by atoms with Gasteiger partial charge in [-0.05, 0) is 44.1 Å². The zero-order valence-electron chi connectivity index (χ0n) is 11.0. The number of halogens is 1. The molecule has 0 aromatic rings. The smallest absolute Gasteiger partial charge is 0.225 e. The molecular formula is C14H23BrN2O. The molecule has 1 saturated heterocycles. The number of amides is 1. The van der Waals surface area contributed by atoms with Gasteiger partial charge in [0, 0.05) is 37.4 Å². The van der Waals surface area contributed by atoms with Crippen LogP contribution in [0, 0.1) is 17.8 Å². The van der Waals surface area contributed by atoms with Gasteiger partial charge < -0.3 is 9.80 Å². The first-order valence-corrected chi connectivity index (χ1v) is 8.47. The van der Waals surface area contributed by atoms with E-state index in [2.05, 4.69) is 25.7 Å². The normalized spacial score (nSPS) is 36.3. The first-order valence-electron chi connectivity index (χ1n) is 7.35. The summed E-state index contributed by atoms with van der Waals surface area (Å²) in [5.41, 5.74) is 0. The fourth-order valence-corrected chi connectivity index (χ4v) is 4.21. The number of carbonyl (C=O) groups is 1. The van der Waals surface area contributed by atoms with Crippen LogP contribution in [0.4, 0.5) is 0 Å². The summed E-state index contributed by atoms with van der Waals surface area (Å²) in [6, 6.07) is 0. The lowest BCUT2D eigenvalue weighted by atomic mass is 10.0. The Morgan fingerprint density at radius 3 is 2.56 bits per heavy atom. The largest absolute Gasteiger partial charge is 0.341 e. The van der Waals surface area contributed by atoms with Crippen molar-refractivity contribution in [3.8, 4) is 0 Å². The van der Waals surface area contributed by atoms with E-state index in [0.29, 0.717) is 11.8 Å². The van der Waals surface area contributed by atoms with Crippen molar-refractivity contribution >= 4 is 21.8 Å². The van der Waals surface area contributed by atoms with Gasteiger partial charge >= 0.3 is 0 Å². The minimum Gasteiger partial charge on any atom is -0.341 e. The van der Waals surface area contributed by atoms with E-state index in [9.17, 15) is 4.79 Å². The van der Waals surface area contributed by atoms with Crippen LogP contribution < -0.4 is 0 Å². The van der Waals surface area contributed by atoms with Gasteiger partial charge in [0.15, 0.2) is 0 Å². The van der Waals surface area contributed by atoms with Gasteiger partial charge in [-0.15, -0.1) is 0 Å². The molecule has 4 heteroatoms. The standard InChI is InChI=1S/C14H23BrN2O/c15-2-5-16-3-1-4-17(7-6-16)14(18)13-9-11-8-12(11)10-13/h11-13H,1-10H2. The minimum atomic E-state index is 0.372. The second-order valence-corrected chi connectivity index (χ2v) is 6.93. The lowest BCUT2D eigenvalue weighted by Gasteiger charge is -2.25. The molecular weight excluding hydrogens is 292 g/mol. The van der Waals surface area contributed by atoms with Gasteiger partial charge in [0.25, 0.3) is 0 Å². The van der Waals surface area contributed by atoms with Crippen LogP contribution in [0.1, 0.15) is 25.7 Å². The Morgan fingerprint density at radius 1 is 1.06 bits per heavy atom. The summed E-state index contributed by atoms with van der Waals surface area (Å²) in [5.74, 6) is 2.66. The summed E-state index contributed by atoms with van der Waals surface area (Å²) in [6.45, 7) is 5.22. The molecule has 0 bridgehead atoms. The first kappa shape index (κ1) is 12.9. The number of rotatable bonds is 3. The van der Waals surface area contributed by atoms with Gasteiger partial charge in [-0.1, -0.05) is 15.9 Å². The average Bonchev–Trinajstić information content (AvgIpc) is 3.06. The molecule has 1 heterocycles. The number of hydrogen-bond donors (Lipinski definition) is 0. The van der Waals surface area contributed by atoms with E-state index in [1.54, 1.807) is 0 Å². The Morgan fingerprint density at radius 2 is 1.83 bits per heavy atom. The molecule has 1 amide bonds. The number of nitrogens with zero attached hydrogens (tertiary/aromatic N) is 2. The van der Waals surface area contributed by atoms with Crippen LogP contribution in [0.3, 0.4) is 0 Å². The van der Waals surface area contributed by atoms with Crippen molar-refractivity contribution in [2.24, 2.45) is 17.8 Å². The predicted molar refractivity (Wildman–Crippen MR) is 75.8 cm³/mol. The van der Waals surface area contributed by atoms with Gasteiger partial charge in [-0.2, -0.15) is 0 Å². The predicted octanol–water partition coefficient (Wildman–Crippen LogP) is 1.96. The Labute approximate surface area is 118 Å².